The number of hydrogen-bond donors (Lipinski definition) is 2. The lowest BCUT2D eigenvalue weighted by Gasteiger charge is -2.08. The average molecular weight is 307 g/mol. The summed E-state index contributed by atoms with van der Waals surface area (Å²) in [7, 11) is 0. The third-order valence-electron chi connectivity index (χ3n) is 3.11. The largest absolute Gasteiger partial charge is 0.478 e. The predicted molar refractivity (Wildman–Crippen MR) is 79.7 cm³/mol. The van der Waals surface area contributed by atoms with Gasteiger partial charge in [0.15, 0.2) is 0 Å². The van der Waals surface area contributed by atoms with E-state index in [1.54, 1.807) is 6.07 Å². The van der Waals surface area contributed by atoms with Crippen molar-refractivity contribution < 1.29 is 19.1 Å². The quantitative estimate of drug-likeness (QED) is 0.905. The van der Waals surface area contributed by atoms with Crippen LogP contribution in [0.2, 0.25) is 0 Å². The van der Waals surface area contributed by atoms with E-state index >= 15 is 0 Å². The maximum atomic E-state index is 13.8. The Kier molecular flexibility index (Phi) is 4.37. The second-order valence-electron chi connectivity index (χ2n) is 4.47. The van der Waals surface area contributed by atoms with Crippen molar-refractivity contribution in [2.24, 2.45) is 0 Å². The van der Waals surface area contributed by atoms with Gasteiger partial charge in [-0.3, -0.25) is 4.79 Å². The van der Waals surface area contributed by atoms with Gasteiger partial charge in [-0.15, -0.1) is 11.3 Å². The van der Waals surface area contributed by atoms with Gasteiger partial charge in [-0.25, -0.2) is 9.18 Å². The van der Waals surface area contributed by atoms with E-state index in [4.69, 9.17) is 5.11 Å². The third kappa shape index (κ3) is 3.11. The van der Waals surface area contributed by atoms with E-state index in [1.165, 1.54) is 23.5 Å². The molecule has 2 rings (SSSR count). The SMILES string of the molecule is CCc1cc(C(=O)Nc2c(F)cccc2C(=O)O)sc1C. The highest BCUT2D eigenvalue weighted by Crippen LogP contribution is 2.25. The van der Waals surface area contributed by atoms with Gasteiger partial charge in [0.25, 0.3) is 5.91 Å². The van der Waals surface area contributed by atoms with E-state index in [9.17, 15) is 14.0 Å². The molecule has 4 nitrogen and oxygen atoms in total. The fraction of sp³-hybridized carbons (Fsp3) is 0.200. The van der Waals surface area contributed by atoms with Crippen LogP contribution in [0.4, 0.5) is 10.1 Å². The Bertz CT molecular complexity index is 709. The number of thiophene rings is 1. The molecule has 0 saturated heterocycles. The molecule has 0 atom stereocenters. The van der Waals surface area contributed by atoms with Crippen molar-refractivity contribution in [3.63, 3.8) is 0 Å². The molecule has 6 heteroatoms. The van der Waals surface area contributed by atoms with Crippen LogP contribution in [0.15, 0.2) is 24.3 Å². The summed E-state index contributed by atoms with van der Waals surface area (Å²) >= 11 is 1.30. The third-order valence-corrected chi connectivity index (χ3v) is 4.20. The molecule has 0 radical (unpaired) electrons. The average Bonchev–Trinajstić information content (AvgIpc) is 2.82. The Hall–Kier alpha value is -2.21. The predicted octanol–water partition coefficient (Wildman–Crippen LogP) is 3.71. The van der Waals surface area contributed by atoms with Crippen molar-refractivity contribution in [1.29, 1.82) is 0 Å². The summed E-state index contributed by atoms with van der Waals surface area (Å²) in [5.41, 5.74) is 0.476. The first-order valence-corrected chi connectivity index (χ1v) is 7.18. The van der Waals surface area contributed by atoms with Crippen molar-refractivity contribution in [3.8, 4) is 0 Å². The van der Waals surface area contributed by atoms with Gasteiger partial charge >= 0.3 is 5.97 Å². The lowest BCUT2D eigenvalue weighted by Crippen LogP contribution is -2.15. The number of anilines is 1. The highest BCUT2D eigenvalue weighted by Gasteiger charge is 2.18. The zero-order valence-corrected chi connectivity index (χ0v) is 12.4. The van der Waals surface area contributed by atoms with Crippen molar-refractivity contribution in [2.75, 3.05) is 5.32 Å². The molecule has 0 aliphatic rings. The maximum Gasteiger partial charge on any atom is 0.337 e. The number of carbonyl (C=O) groups is 2. The van der Waals surface area contributed by atoms with Crippen LogP contribution in [0.1, 0.15) is 37.4 Å². The van der Waals surface area contributed by atoms with Gasteiger partial charge in [-0.1, -0.05) is 13.0 Å². The number of aryl methyl sites for hydroxylation is 2. The van der Waals surface area contributed by atoms with Gasteiger partial charge in [-0.2, -0.15) is 0 Å². The lowest BCUT2D eigenvalue weighted by molar-refractivity contribution is 0.0697. The molecule has 21 heavy (non-hydrogen) atoms. The van der Waals surface area contributed by atoms with Crippen LogP contribution in [0, 0.1) is 12.7 Å². The van der Waals surface area contributed by atoms with E-state index in [0.717, 1.165) is 22.9 Å². The maximum absolute atomic E-state index is 13.8. The molecule has 0 unspecified atom stereocenters. The van der Waals surface area contributed by atoms with Crippen LogP contribution in [0.3, 0.4) is 0 Å². The minimum atomic E-state index is -1.29. The minimum absolute atomic E-state index is 0.271. The summed E-state index contributed by atoms with van der Waals surface area (Å²) in [6.45, 7) is 3.89. The zero-order valence-electron chi connectivity index (χ0n) is 11.6. The Balaban J connectivity index is 2.33. The molecule has 2 aromatic rings. The molecule has 1 heterocycles. The van der Waals surface area contributed by atoms with Crippen LogP contribution >= 0.6 is 11.3 Å². The molecular formula is C15H14FNO3S. The second kappa shape index (κ2) is 6.05. The number of carboxylic acid groups (broad SMARTS) is 1. The van der Waals surface area contributed by atoms with Gasteiger partial charge in [0.2, 0.25) is 0 Å². The molecular weight excluding hydrogens is 293 g/mol. The van der Waals surface area contributed by atoms with E-state index in [-0.39, 0.29) is 11.3 Å². The summed E-state index contributed by atoms with van der Waals surface area (Å²) in [6, 6.07) is 5.40. The zero-order chi connectivity index (χ0) is 15.6. The number of carboxylic acids is 1. The fourth-order valence-electron chi connectivity index (χ4n) is 1.99. The smallest absolute Gasteiger partial charge is 0.337 e. The highest BCUT2D eigenvalue weighted by molar-refractivity contribution is 7.14. The highest BCUT2D eigenvalue weighted by atomic mass is 32.1. The van der Waals surface area contributed by atoms with Gasteiger partial charge < -0.3 is 10.4 Å². The first-order chi connectivity index (χ1) is 9.93. The van der Waals surface area contributed by atoms with E-state index in [1.807, 2.05) is 13.8 Å². The second-order valence-corrected chi connectivity index (χ2v) is 5.72. The van der Waals surface area contributed by atoms with Crippen LogP contribution in [-0.2, 0) is 6.42 Å². The number of halogens is 1. The molecule has 0 saturated carbocycles. The van der Waals surface area contributed by atoms with Crippen LogP contribution < -0.4 is 5.32 Å². The first-order valence-electron chi connectivity index (χ1n) is 6.36. The molecule has 1 amide bonds. The summed E-state index contributed by atoms with van der Waals surface area (Å²) in [5.74, 6) is -2.57. The molecule has 0 spiro atoms. The summed E-state index contributed by atoms with van der Waals surface area (Å²) in [4.78, 5) is 24.7. The number of nitrogens with one attached hydrogen (secondary N) is 1. The van der Waals surface area contributed by atoms with Gasteiger partial charge in [0, 0.05) is 4.88 Å². The number of hydrogen-bond acceptors (Lipinski definition) is 3. The number of para-hydroxylation sites is 1. The lowest BCUT2D eigenvalue weighted by atomic mass is 10.1. The fourth-order valence-corrected chi connectivity index (χ4v) is 3.00. The number of benzene rings is 1. The molecule has 2 N–H and O–H groups in total. The molecule has 1 aromatic heterocycles. The van der Waals surface area contributed by atoms with Crippen molar-refractivity contribution in [2.45, 2.75) is 20.3 Å². The Morgan fingerprint density at radius 1 is 1.38 bits per heavy atom. The van der Waals surface area contributed by atoms with Crippen LogP contribution in [0.5, 0.6) is 0 Å². The molecule has 0 aliphatic carbocycles. The van der Waals surface area contributed by atoms with Gasteiger partial charge in [0.1, 0.15) is 5.82 Å². The van der Waals surface area contributed by atoms with E-state index in [2.05, 4.69) is 5.32 Å². The summed E-state index contributed by atoms with van der Waals surface area (Å²) in [6.07, 6.45) is 0.801. The number of aromatic carboxylic acids is 1. The topological polar surface area (TPSA) is 66.4 Å². The van der Waals surface area contributed by atoms with Crippen molar-refractivity contribution >= 4 is 28.9 Å². The monoisotopic (exact) mass is 307 g/mol. The first kappa shape index (κ1) is 15.2. The Morgan fingerprint density at radius 3 is 2.67 bits per heavy atom. The Labute approximate surface area is 125 Å². The van der Waals surface area contributed by atoms with Gasteiger partial charge in [-0.05, 0) is 37.1 Å². The number of carbonyl (C=O) groups excluding carboxylic acids is 1. The Morgan fingerprint density at radius 2 is 2.10 bits per heavy atom. The standard InChI is InChI=1S/C15H14FNO3S/c1-3-9-7-12(21-8(9)2)14(18)17-13-10(15(19)20)5-4-6-11(13)16/h4-7H,3H2,1-2H3,(H,17,18)(H,19,20). The molecule has 110 valence electrons. The normalized spacial score (nSPS) is 10.4. The molecule has 0 aliphatic heterocycles. The molecule has 0 bridgehead atoms. The van der Waals surface area contributed by atoms with Crippen molar-refractivity contribution in [1.82, 2.24) is 0 Å². The van der Waals surface area contributed by atoms with Crippen LogP contribution in [-0.4, -0.2) is 17.0 Å². The summed E-state index contributed by atoms with van der Waals surface area (Å²) in [5, 5.41) is 11.4. The number of amides is 1. The van der Waals surface area contributed by atoms with Crippen LogP contribution in [0.25, 0.3) is 0 Å². The minimum Gasteiger partial charge on any atom is -0.478 e. The van der Waals surface area contributed by atoms with E-state index < -0.39 is 17.7 Å². The summed E-state index contributed by atoms with van der Waals surface area (Å²) < 4.78 is 13.8. The van der Waals surface area contributed by atoms with Gasteiger partial charge in [0.05, 0.1) is 16.1 Å². The van der Waals surface area contributed by atoms with E-state index in [0.29, 0.717) is 4.88 Å². The van der Waals surface area contributed by atoms with Crippen molar-refractivity contribution in [3.05, 3.63) is 51.0 Å². The number of rotatable bonds is 4. The molecule has 0 fully saturated rings. The molecule has 1 aromatic carbocycles.